The van der Waals surface area contributed by atoms with Crippen molar-refractivity contribution in [3.8, 4) is 11.5 Å². The fourth-order valence-electron chi connectivity index (χ4n) is 3.09. The summed E-state index contributed by atoms with van der Waals surface area (Å²) in [6.07, 6.45) is 11.8. The van der Waals surface area contributed by atoms with Crippen LogP contribution in [0.1, 0.15) is 25.1 Å². The molecule has 1 aliphatic rings. The predicted octanol–water partition coefficient (Wildman–Crippen LogP) is 2.82. The molecule has 22 heavy (non-hydrogen) atoms. The highest BCUT2D eigenvalue weighted by atomic mass is 15.3. The van der Waals surface area contributed by atoms with Gasteiger partial charge in [0.2, 0.25) is 0 Å². The standard InChI is InChI=1S/C16H20N6/c1-11-17-9-14(21(11)2)15-19-13-8-18-22(16(13)20-15)10-12-6-4-3-5-7-12/h3-4,8-9,12H,5-7,10H2,1-2H3,(H,19,20). The molecule has 0 fully saturated rings. The molecule has 4 rings (SSSR count). The minimum atomic E-state index is 0.659. The van der Waals surface area contributed by atoms with Gasteiger partial charge in [-0.1, -0.05) is 12.2 Å². The molecule has 0 radical (unpaired) electrons. The van der Waals surface area contributed by atoms with Crippen LogP contribution in [0.15, 0.2) is 24.5 Å². The summed E-state index contributed by atoms with van der Waals surface area (Å²) >= 11 is 0. The van der Waals surface area contributed by atoms with Gasteiger partial charge in [0.05, 0.1) is 12.4 Å². The maximum atomic E-state index is 4.75. The van der Waals surface area contributed by atoms with Crippen molar-refractivity contribution in [2.24, 2.45) is 13.0 Å². The molecule has 6 nitrogen and oxygen atoms in total. The first-order chi connectivity index (χ1) is 10.7. The summed E-state index contributed by atoms with van der Waals surface area (Å²) in [5, 5.41) is 4.49. The SMILES string of the molecule is Cc1ncc(-c2nc3c(cnn3CC3CC=CCC3)[nH]2)n1C. The van der Waals surface area contributed by atoms with Gasteiger partial charge in [-0.25, -0.2) is 14.6 Å². The summed E-state index contributed by atoms with van der Waals surface area (Å²) < 4.78 is 4.07. The van der Waals surface area contributed by atoms with E-state index in [0.29, 0.717) is 5.92 Å². The third-order valence-electron chi connectivity index (χ3n) is 4.55. The van der Waals surface area contributed by atoms with Crippen molar-refractivity contribution < 1.29 is 0 Å². The van der Waals surface area contributed by atoms with E-state index in [9.17, 15) is 0 Å². The molecule has 1 aliphatic carbocycles. The van der Waals surface area contributed by atoms with Crippen LogP contribution >= 0.6 is 0 Å². The number of fused-ring (bicyclic) bond motifs is 1. The zero-order valence-electron chi connectivity index (χ0n) is 13.0. The third kappa shape index (κ3) is 2.15. The Balaban J connectivity index is 1.67. The summed E-state index contributed by atoms with van der Waals surface area (Å²) in [6.45, 7) is 2.92. The van der Waals surface area contributed by atoms with Crippen LogP contribution in [0.3, 0.4) is 0 Å². The fourth-order valence-corrected chi connectivity index (χ4v) is 3.09. The van der Waals surface area contributed by atoms with E-state index in [1.54, 1.807) is 0 Å². The van der Waals surface area contributed by atoms with Gasteiger partial charge >= 0.3 is 0 Å². The average Bonchev–Trinajstić information content (AvgIpc) is 3.18. The number of nitrogens with one attached hydrogen (secondary N) is 1. The van der Waals surface area contributed by atoms with Crippen LogP contribution in [-0.4, -0.2) is 29.3 Å². The Bertz CT molecular complexity index is 834. The lowest BCUT2D eigenvalue weighted by atomic mass is 9.94. The summed E-state index contributed by atoms with van der Waals surface area (Å²) in [6, 6.07) is 0. The van der Waals surface area contributed by atoms with Crippen LogP contribution < -0.4 is 0 Å². The average molecular weight is 296 g/mol. The number of hydrogen-bond donors (Lipinski definition) is 1. The molecule has 6 heteroatoms. The van der Waals surface area contributed by atoms with E-state index < -0.39 is 0 Å². The van der Waals surface area contributed by atoms with E-state index in [1.807, 2.05) is 35.6 Å². The molecule has 1 atom stereocenters. The molecule has 0 spiro atoms. The maximum absolute atomic E-state index is 4.75. The molecule has 0 bridgehead atoms. The number of hydrogen-bond acceptors (Lipinski definition) is 3. The normalized spacial score (nSPS) is 18.4. The zero-order valence-corrected chi connectivity index (χ0v) is 13.0. The molecule has 3 heterocycles. The van der Waals surface area contributed by atoms with E-state index in [0.717, 1.165) is 41.5 Å². The lowest BCUT2D eigenvalue weighted by Crippen LogP contribution is -2.13. The lowest BCUT2D eigenvalue weighted by Gasteiger charge is -2.17. The van der Waals surface area contributed by atoms with Crippen molar-refractivity contribution >= 4 is 11.2 Å². The van der Waals surface area contributed by atoms with Crippen LogP contribution in [-0.2, 0) is 13.6 Å². The number of aromatic amines is 1. The van der Waals surface area contributed by atoms with Crippen molar-refractivity contribution in [3.05, 3.63) is 30.4 Å². The Morgan fingerprint density at radius 3 is 2.95 bits per heavy atom. The number of aromatic nitrogens is 6. The molecular weight excluding hydrogens is 276 g/mol. The number of nitrogens with zero attached hydrogens (tertiary/aromatic N) is 5. The molecule has 1 N–H and O–H groups in total. The Kier molecular flexibility index (Phi) is 3.10. The van der Waals surface area contributed by atoms with Crippen molar-refractivity contribution in [2.45, 2.75) is 32.7 Å². The second-order valence-electron chi connectivity index (χ2n) is 6.05. The zero-order chi connectivity index (χ0) is 15.1. The Hall–Kier alpha value is -2.37. The largest absolute Gasteiger partial charge is 0.334 e. The van der Waals surface area contributed by atoms with Crippen molar-refractivity contribution in [1.29, 1.82) is 0 Å². The molecule has 3 aromatic heterocycles. The number of allylic oxidation sites excluding steroid dienone is 2. The number of H-pyrrole nitrogens is 1. The van der Waals surface area contributed by atoms with Gasteiger partial charge in [0, 0.05) is 13.6 Å². The first-order valence-corrected chi connectivity index (χ1v) is 7.77. The van der Waals surface area contributed by atoms with E-state index in [-0.39, 0.29) is 0 Å². The lowest BCUT2D eigenvalue weighted by molar-refractivity contribution is 0.395. The highest BCUT2D eigenvalue weighted by molar-refractivity contribution is 5.75. The second-order valence-corrected chi connectivity index (χ2v) is 6.05. The Labute approximate surface area is 128 Å². The molecular formula is C16H20N6. The first-order valence-electron chi connectivity index (χ1n) is 7.77. The molecule has 0 saturated heterocycles. The molecule has 0 aliphatic heterocycles. The Morgan fingerprint density at radius 2 is 2.23 bits per heavy atom. The summed E-state index contributed by atoms with van der Waals surface area (Å²) in [5.41, 5.74) is 2.92. The predicted molar refractivity (Wildman–Crippen MR) is 85.3 cm³/mol. The van der Waals surface area contributed by atoms with E-state index in [4.69, 9.17) is 4.98 Å². The smallest absolute Gasteiger partial charge is 0.176 e. The van der Waals surface area contributed by atoms with Crippen LogP contribution in [0.5, 0.6) is 0 Å². The van der Waals surface area contributed by atoms with E-state index in [2.05, 4.69) is 27.2 Å². The number of imidazole rings is 2. The maximum Gasteiger partial charge on any atom is 0.176 e. The van der Waals surface area contributed by atoms with Crippen LogP contribution in [0.25, 0.3) is 22.7 Å². The molecule has 114 valence electrons. The topological polar surface area (TPSA) is 64.3 Å². The monoisotopic (exact) mass is 296 g/mol. The van der Waals surface area contributed by atoms with Crippen molar-refractivity contribution in [1.82, 2.24) is 29.3 Å². The van der Waals surface area contributed by atoms with E-state index in [1.165, 1.54) is 12.8 Å². The minimum absolute atomic E-state index is 0.659. The molecule has 0 saturated carbocycles. The fraction of sp³-hybridized carbons (Fsp3) is 0.438. The first kappa shape index (κ1) is 13.3. The highest BCUT2D eigenvalue weighted by Crippen LogP contribution is 2.24. The highest BCUT2D eigenvalue weighted by Gasteiger charge is 2.17. The van der Waals surface area contributed by atoms with Gasteiger partial charge in [0.25, 0.3) is 0 Å². The van der Waals surface area contributed by atoms with Gasteiger partial charge in [-0.3, -0.25) is 0 Å². The van der Waals surface area contributed by atoms with Gasteiger partial charge in [-0.2, -0.15) is 5.10 Å². The van der Waals surface area contributed by atoms with Crippen LogP contribution in [0, 0.1) is 12.8 Å². The summed E-state index contributed by atoms with van der Waals surface area (Å²) in [7, 11) is 2.01. The summed E-state index contributed by atoms with van der Waals surface area (Å²) in [5.74, 6) is 2.49. The number of aryl methyl sites for hydroxylation is 1. The number of rotatable bonds is 3. The van der Waals surface area contributed by atoms with Gasteiger partial charge in [-0.15, -0.1) is 0 Å². The summed E-state index contributed by atoms with van der Waals surface area (Å²) in [4.78, 5) is 12.4. The van der Waals surface area contributed by atoms with Gasteiger partial charge in [0.1, 0.15) is 17.0 Å². The minimum Gasteiger partial charge on any atom is -0.334 e. The molecule has 3 aromatic rings. The van der Waals surface area contributed by atoms with Gasteiger partial charge in [-0.05, 0) is 32.1 Å². The van der Waals surface area contributed by atoms with E-state index >= 15 is 0 Å². The third-order valence-corrected chi connectivity index (χ3v) is 4.55. The molecule has 0 aromatic carbocycles. The van der Waals surface area contributed by atoms with Crippen LogP contribution in [0.4, 0.5) is 0 Å². The Morgan fingerprint density at radius 1 is 1.32 bits per heavy atom. The quantitative estimate of drug-likeness (QED) is 0.756. The van der Waals surface area contributed by atoms with Crippen LogP contribution in [0.2, 0.25) is 0 Å². The van der Waals surface area contributed by atoms with Gasteiger partial charge < -0.3 is 9.55 Å². The van der Waals surface area contributed by atoms with Crippen molar-refractivity contribution in [2.75, 3.05) is 0 Å². The second kappa shape index (κ2) is 5.12. The van der Waals surface area contributed by atoms with Crippen molar-refractivity contribution in [3.63, 3.8) is 0 Å². The molecule has 1 unspecified atom stereocenters. The molecule has 0 amide bonds. The van der Waals surface area contributed by atoms with Gasteiger partial charge in [0.15, 0.2) is 11.5 Å².